The number of hydrogen-bond donors (Lipinski definition) is 2. The van der Waals surface area contributed by atoms with E-state index in [9.17, 15) is 14.0 Å². The van der Waals surface area contributed by atoms with Crippen molar-refractivity contribution < 1.29 is 9.18 Å². The van der Waals surface area contributed by atoms with E-state index in [0.29, 0.717) is 35.2 Å². The number of benzene rings is 1. The molecule has 0 atom stereocenters. The molecule has 0 aliphatic heterocycles. The second-order valence-corrected chi connectivity index (χ2v) is 8.83. The Labute approximate surface area is 195 Å². The van der Waals surface area contributed by atoms with Crippen molar-refractivity contribution in [3.05, 3.63) is 58.4 Å². The summed E-state index contributed by atoms with van der Waals surface area (Å²) < 4.78 is 16.2. The Bertz CT molecular complexity index is 1380. The molecule has 5 rings (SSSR count). The van der Waals surface area contributed by atoms with E-state index in [1.54, 1.807) is 25.1 Å². The lowest BCUT2D eigenvalue weighted by Crippen LogP contribution is -2.19. The maximum atomic E-state index is 13.4. The number of hydrogen-bond acceptors (Lipinski definition) is 5. The van der Waals surface area contributed by atoms with E-state index in [-0.39, 0.29) is 23.1 Å². The van der Waals surface area contributed by atoms with Gasteiger partial charge in [-0.15, -0.1) is 0 Å². The molecule has 3 heterocycles. The van der Waals surface area contributed by atoms with Crippen LogP contribution in [0.4, 0.5) is 10.2 Å². The number of amides is 1. The van der Waals surface area contributed by atoms with Crippen LogP contribution < -0.4 is 10.9 Å². The first-order chi connectivity index (χ1) is 16.5. The molecule has 1 amide bonds. The first-order valence-corrected chi connectivity index (χ1v) is 11.6. The van der Waals surface area contributed by atoms with E-state index < -0.39 is 5.56 Å². The van der Waals surface area contributed by atoms with Crippen molar-refractivity contribution in [1.29, 1.82) is 0 Å². The van der Waals surface area contributed by atoms with Gasteiger partial charge in [0.2, 0.25) is 11.9 Å². The lowest BCUT2D eigenvalue weighted by atomic mass is 9.86. The van der Waals surface area contributed by atoms with Gasteiger partial charge < -0.3 is 5.32 Å². The third kappa shape index (κ3) is 4.48. The van der Waals surface area contributed by atoms with Crippen LogP contribution in [0.25, 0.3) is 22.7 Å². The number of aryl methyl sites for hydroxylation is 1. The van der Waals surface area contributed by atoms with Crippen molar-refractivity contribution in [2.45, 2.75) is 51.9 Å². The number of aromatic nitrogens is 6. The van der Waals surface area contributed by atoms with Crippen molar-refractivity contribution in [3.8, 4) is 11.6 Å². The van der Waals surface area contributed by atoms with Crippen molar-refractivity contribution in [3.63, 3.8) is 0 Å². The zero-order chi connectivity index (χ0) is 23.7. The lowest BCUT2D eigenvalue weighted by Gasteiger charge is -2.21. The van der Waals surface area contributed by atoms with E-state index in [0.717, 1.165) is 6.42 Å². The average Bonchev–Trinajstić information content (AvgIpc) is 3.42. The Hall–Kier alpha value is -3.82. The highest BCUT2D eigenvalue weighted by Gasteiger charge is 2.18. The van der Waals surface area contributed by atoms with Crippen molar-refractivity contribution >= 4 is 22.8 Å². The smallest absolute Gasteiger partial charge is 0.263 e. The molecule has 0 spiro atoms. The van der Waals surface area contributed by atoms with Crippen LogP contribution in [-0.2, 0) is 4.79 Å². The number of aromatic amines is 1. The van der Waals surface area contributed by atoms with Gasteiger partial charge in [-0.25, -0.2) is 9.07 Å². The number of H-pyrrole nitrogens is 1. The number of nitrogens with zero attached hydrogens (tertiary/aromatic N) is 5. The molecule has 10 heteroatoms. The summed E-state index contributed by atoms with van der Waals surface area (Å²) in [4.78, 5) is 32.7. The second-order valence-electron chi connectivity index (χ2n) is 8.83. The number of rotatable bonds is 6. The highest BCUT2D eigenvalue weighted by molar-refractivity contribution is 5.90. The van der Waals surface area contributed by atoms with E-state index in [4.69, 9.17) is 0 Å². The minimum atomic E-state index is -0.393. The van der Waals surface area contributed by atoms with Gasteiger partial charge >= 0.3 is 0 Å². The van der Waals surface area contributed by atoms with Crippen LogP contribution in [0, 0.1) is 18.7 Å². The Morgan fingerprint density at radius 1 is 1.18 bits per heavy atom. The minimum absolute atomic E-state index is 0.0912. The quantitative estimate of drug-likeness (QED) is 0.448. The fourth-order valence-corrected chi connectivity index (χ4v) is 4.54. The summed E-state index contributed by atoms with van der Waals surface area (Å²) in [6, 6.07) is 7.48. The number of carbonyl (C=O) groups is 1. The SMILES string of the molecule is Cc1cc(NC(=O)CCC2CCCCC2)n(-c2nc3c(cnn3-c3ccc(F)cc3)c(=O)[nH]2)n1. The first kappa shape index (κ1) is 22.0. The predicted octanol–water partition coefficient (Wildman–Crippen LogP) is 4.04. The molecule has 0 unspecified atom stereocenters. The van der Waals surface area contributed by atoms with Crippen LogP contribution in [0.2, 0.25) is 0 Å². The maximum absolute atomic E-state index is 13.4. The van der Waals surface area contributed by atoms with Gasteiger partial charge in [-0.2, -0.15) is 19.9 Å². The molecular weight excluding hydrogens is 437 g/mol. The first-order valence-electron chi connectivity index (χ1n) is 11.6. The van der Waals surface area contributed by atoms with Gasteiger partial charge in [-0.05, 0) is 43.5 Å². The zero-order valence-corrected chi connectivity index (χ0v) is 18.9. The van der Waals surface area contributed by atoms with Crippen molar-refractivity contribution in [2.75, 3.05) is 5.32 Å². The van der Waals surface area contributed by atoms with Crippen LogP contribution >= 0.6 is 0 Å². The number of fused-ring (bicyclic) bond motifs is 1. The third-order valence-corrected chi connectivity index (χ3v) is 6.30. The molecule has 9 nitrogen and oxygen atoms in total. The van der Waals surface area contributed by atoms with Crippen LogP contribution in [0.15, 0.2) is 41.3 Å². The largest absolute Gasteiger partial charge is 0.310 e. The molecule has 0 radical (unpaired) electrons. The molecule has 0 saturated heterocycles. The molecule has 1 fully saturated rings. The number of anilines is 1. The maximum Gasteiger partial charge on any atom is 0.263 e. The predicted molar refractivity (Wildman–Crippen MR) is 126 cm³/mol. The number of halogens is 1. The minimum Gasteiger partial charge on any atom is -0.310 e. The van der Waals surface area contributed by atoms with Crippen molar-refractivity contribution in [1.82, 2.24) is 29.5 Å². The second kappa shape index (κ2) is 9.20. The van der Waals surface area contributed by atoms with Gasteiger partial charge in [0.15, 0.2) is 5.65 Å². The van der Waals surface area contributed by atoms with Crippen LogP contribution in [0.1, 0.15) is 50.6 Å². The molecule has 1 aromatic carbocycles. The summed E-state index contributed by atoms with van der Waals surface area (Å²) in [5.74, 6) is 0.728. The molecule has 1 saturated carbocycles. The van der Waals surface area contributed by atoms with Crippen LogP contribution in [0.5, 0.6) is 0 Å². The average molecular weight is 464 g/mol. The number of nitrogens with one attached hydrogen (secondary N) is 2. The molecule has 1 aliphatic carbocycles. The standard InChI is InChI=1S/C24H26FN7O2/c1-15-13-20(27-21(33)12-7-16-5-3-2-4-6-16)32(30-15)24-28-22-19(23(34)29-24)14-26-31(22)18-10-8-17(25)9-11-18/h8-11,13-14,16H,2-7,12H2,1H3,(H,27,33)(H,28,29,34). The Kier molecular flexibility index (Phi) is 5.95. The lowest BCUT2D eigenvalue weighted by molar-refractivity contribution is -0.116. The molecule has 1 aliphatic rings. The Morgan fingerprint density at radius 3 is 2.71 bits per heavy atom. The highest BCUT2D eigenvalue weighted by Crippen LogP contribution is 2.27. The molecule has 2 N–H and O–H groups in total. The summed E-state index contributed by atoms with van der Waals surface area (Å²) in [6.07, 6.45) is 8.89. The topological polar surface area (TPSA) is 110 Å². The van der Waals surface area contributed by atoms with Gasteiger partial charge in [0.25, 0.3) is 5.56 Å². The summed E-state index contributed by atoms with van der Waals surface area (Å²) in [5.41, 5.74) is 1.13. The van der Waals surface area contributed by atoms with Gasteiger partial charge in [-0.3, -0.25) is 14.6 Å². The molecule has 176 valence electrons. The molecular formula is C24H26FN7O2. The van der Waals surface area contributed by atoms with E-state index >= 15 is 0 Å². The van der Waals surface area contributed by atoms with E-state index in [1.165, 1.54) is 59.8 Å². The summed E-state index contributed by atoms with van der Waals surface area (Å²) >= 11 is 0. The molecule has 4 aromatic rings. The van der Waals surface area contributed by atoms with Gasteiger partial charge in [0.05, 0.1) is 17.6 Å². The van der Waals surface area contributed by atoms with Crippen LogP contribution in [0.3, 0.4) is 0 Å². The monoisotopic (exact) mass is 463 g/mol. The third-order valence-electron chi connectivity index (χ3n) is 6.30. The molecule has 3 aromatic heterocycles. The van der Waals surface area contributed by atoms with Gasteiger partial charge in [0.1, 0.15) is 17.0 Å². The Morgan fingerprint density at radius 2 is 1.94 bits per heavy atom. The molecule has 34 heavy (non-hydrogen) atoms. The summed E-state index contributed by atoms with van der Waals surface area (Å²) in [7, 11) is 0. The van der Waals surface area contributed by atoms with Gasteiger partial charge in [-0.1, -0.05) is 32.1 Å². The van der Waals surface area contributed by atoms with Crippen LogP contribution in [-0.4, -0.2) is 35.4 Å². The summed E-state index contributed by atoms with van der Waals surface area (Å²) in [6.45, 7) is 1.80. The zero-order valence-electron chi connectivity index (χ0n) is 18.9. The summed E-state index contributed by atoms with van der Waals surface area (Å²) in [5, 5.41) is 11.9. The van der Waals surface area contributed by atoms with Crippen molar-refractivity contribution in [2.24, 2.45) is 5.92 Å². The van der Waals surface area contributed by atoms with E-state index in [1.807, 2.05) is 0 Å². The normalized spacial score (nSPS) is 14.5. The fourth-order valence-electron chi connectivity index (χ4n) is 4.54. The number of carbonyl (C=O) groups excluding carboxylic acids is 1. The van der Waals surface area contributed by atoms with Gasteiger partial charge in [0, 0.05) is 12.5 Å². The highest BCUT2D eigenvalue weighted by atomic mass is 19.1. The molecule has 0 bridgehead atoms. The fraction of sp³-hybridized carbons (Fsp3) is 0.375. The van der Waals surface area contributed by atoms with E-state index in [2.05, 4.69) is 25.5 Å². The Balaban J connectivity index is 1.43.